The molecule has 0 saturated carbocycles. The second kappa shape index (κ2) is 7.18. The summed E-state index contributed by atoms with van der Waals surface area (Å²) in [6.45, 7) is 0.970. The van der Waals surface area contributed by atoms with Gasteiger partial charge in [-0.15, -0.1) is 0 Å². The van der Waals surface area contributed by atoms with Crippen molar-refractivity contribution in [3.63, 3.8) is 0 Å². The molecular weight excluding hydrogens is 404 g/mol. The normalized spacial score (nSPS) is 17.0. The van der Waals surface area contributed by atoms with Crippen molar-refractivity contribution < 1.29 is 14.3 Å². The van der Waals surface area contributed by atoms with Crippen LogP contribution < -0.4 is 5.32 Å². The molecule has 2 N–H and O–H groups in total. The lowest BCUT2D eigenvalue weighted by atomic mass is 9.84. The molecule has 1 aromatic heterocycles. The number of aromatic amines is 1. The molecule has 2 aromatic carbocycles. The Balaban J connectivity index is 1.25. The van der Waals surface area contributed by atoms with E-state index < -0.39 is 5.60 Å². The SMILES string of the molecule is O=C1OC2(CCN(C(=O)Nc3cc(-c4cccc(Cl)c4)[nH]n3)CC2)c2ccccc21. The molecule has 8 heteroatoms. The van der Waals surface area contributed by atoms with Gasteiger partial charge in [0.05, 0.1) is 11.3 Å². The average molecular weight is 423 g/mol. The second-order valence-corrected chi connectivity index (χ2v) is 7.96. The zero-order chi connectivity index (χ0) is 20.7. The van der Waals surface area contributed by atoms with Gasteiger partial charge in [-0.25, -0.2) is 9.59 Å². The molecule has 1 fully saturated rings. The quantitative estimate of drug-likeness (QED) is 0.598. The van der Waals surface area contributed by atoms with E-state index in [1.807, 2.05) is 36.4 Å². The van der Waals surface area contributed by atoms with Gasteiger partial charge in [-0.3, -0.25) is 10.4 Å². The van der Waals surface area contributed by atoms with Gasteiger partial charge in [0.25, 0.3) is 0 Å². The Morgan fingerprint density at radius 3 is 2.73 bits per heavy atom. The summed E-state index contributed by atoms with van der Waals surface area (Å²) in [6, 6.07) is 16.4. The number of amides is 2. The molecule has 2 aliphatic rings. The fraction of sp³-hybridized carbons (Fsp3) is 0.227. The van der Waals surface area contributed by atoms with Crippen LogP contribution in [0.5, 0.6) is 0 Å². The number of urea groups is 1. The van der Waals surface area contributed by atoms with E-state index in [1.54, 1.807) is 23.1 Å². The van der Waals surface area contributed by atoms with E-state index in [4.69, 9.17) is 16.3 Å². The van der Waals surface area contributed by atoms with Crippen LogP contribution in [0.4, 0.5) is 10.6 Å². The van der Waals surface area contributed by atoms with Gasteiger partial charge in [-0.1, -0.05) is 41.9 Å². The van der Waals surface area contributed by atoms with Gasteiger partial charge in [-0.05, 0) is 18.2 Å². The van der Waals surface area contributed by atoms with Gasteiger partial charge in [0.15, 0.2) is 5.82 Å². The number of carbonyl (C=O) groups is 2. The van der Waals surface area contributed by atoms with E-state index in [-0.39, 0.29) is 12.0 Å². The number of nitrogens with zero attached hydrogens (tertiary/aromatic N) is 2. The van der Waals surface area contributed by atoms with Gasteiger partial charge in [0.1, 0.15) is 5.60 Å². The highest BCUT2D eigenvalue weighted by molar-refractivity contribution is 6.30. The highest BCUT2D eigenvalue weighted by atomic mass is 35.5. The van der Waals surface area contributed by atoms with Gasteiger partial charge in [0.2, 0.25) is 0 Å². The minimum atomic E-state index is -0.628. The summed E-state index contributed by atoms with van der Waals surface area (Å²) in [4.78, 5) is 26.6. The number of anilines is 1. The number of fused-ring (bicyclic) bond motifs is 2. The van der Waals surface area contributed by atoms with E-state index in [0.29, 0.717) is 42.3 Å². The number of carbonyl (C=O) groups excluding carboxylic acids is 2. The third-order valence-corrected chi connectivity index (χ3v) is 5.97. The lowest BCUT2D eigenvalue weighted by molar-refractivity contribution is -0.0363. The Morgan fingerprint density at radius 1 is 1.13 bits per heavy atom. The van der Waals surface area contributed by atoms with Crippen LogP contribution in [-0.2, 0) is 10.3 Å². The molecule has 0 atom stereocenters. The number of aromatic nitrogens is 2. The molecular formula is C22H19ClN4O3. The van der Waals surface area contributed by atoms with Gasteiger partial charge >= 0.3 is 12.0 Å². The minimum absolute atomic E-state index is 0.230. The third-order valence-electron chi connectivity index (χ3n) is 5.73. The molecule has 1 spiro atoms. The third kappa shape index (κ3) is 3.21. The molecule has 7 nitrogen and oxygen atoms in total. The topological polar surface area (TPSA) is 87.3 Å². The summed E-state index contributed by atoms with van der Waals surface area (Å²) in [5.41, 5.74) is 2.57. The van der Waals surface area contributed by atoms with Crippen LogP contribution in [0.1, 0.15) is 28.8 Å². The van der Waals surface area contributed by atoms with Crippen LogP contribution in [0.3, 0.4) is 0 Å². The van der Waals surface area contributed by atoms with Crippen LogP contribution in [0.15, 0.2) is 54.6 Å². The summed E-state index contributed by atoms with van der Waals surface area (Å²) < 4.78 is 5.74. The first kappa shape index (κ1) is 18.7. The summed E-state index contributed by atoms with van der Waals surface area (Å²) in [7, 11) is 0. The van der Waals surface area contributed by atoms with Crippen molar-refractivity contribution in [3.8, 4) is 11.3 Å². The molecule has 2 amide bonds. The maximum atomic E-state index is 12.7. The molecule has 3 heterocycles. The van der Waals surface area contributed by atoms with E-state index in [0.717, 1.165) is 16.8 Å². The van der Waals surface area contributed by atoms with Crippen molar-refractivity contribution >= 4 is 29.4 Å². The van der Waals surface area contributed by atoms with E-state index in [2.05, 4.69) is 15.5 Å². The van der Waals surface area contributed by atoms with Crippen LogP contribution >= 0.6 is 11.6 Å². The molecule has 2 aliphatic heterocycles. The smallest absolute Gasteiger partial charge is 0.339 e. The van der Waals surface area contributed by atoms with Crippen molar-refractivity contribution in [3.05, 3.63) is 70.7 Å². The molecule has 1 saturated heterocycles. The van der Waals surface area contributed by atoms with Crippen molar-refractivity contribution in [1.29, 1.82) is 0 Å². The number of hydrogen-bond donors (Lipinski definition) is 2. The number of likely N-dealkylation sites (tertiary alicyclic amines) is 1. The largest absolute Gasteiger partial charge is 0.450 e. The summed E-state index contributed by atoms with van der Waals surface area (Å²) >= 11 is 6.04. The van der Waals surface area contributed by atoms with Gasteiger partial charge in [-0.2, -0.15) is 5.10 Å². The van der Waals surface area contributed by atoms with E-state index in [9.17, 15) is 9.59 Å². The molecule has 0 aliphatic carbocycles. The predicted octanol–water partition coefficient (Wildman–Crippen LogP) is 4.42. The first-order valence-corrected chi connectivity index (χ1v) is 10.1. The molecule has 0 bridgehead atoms. The van der Waals surface area contributed by atoms with Crippen molar-refractivity contribution in [2.24, 2.45) is 0 Å². The van der Waals surface area contributed by atoms with Gasteiger partial charge in [0, 0.05) is 48.1 Å². The lowest BCUT2D eigenvalue weighted by Gasteiger charge is -2.38. The highest BCUT2D eigenvalue weighted by Crippen LogP contribution is 2.44. The van der Waals surface area contributed by atoms with Crippen LogP contribution in [0.25, 0.3) is 11.3 Å². The fourth-order valence-electron chi connectivity index (χ4n) is 4.17. The zero-order valence-corrected chi connectivity index (χ0v) is 16.8. The number of benzene rings is 2. The first-order valence-electron chi connectivity index (χ1n) is 9.74. The fourth-order valence-corrected chi connectivity index (χ4v) is 4.36. The standard InChI is InChI=1S/C22H19ClN4O3/c23-15-5-3-4-14(12-15)18-13-19(26-25-18)24-21(29)27-10-8-22(9-11-27)17-7-2-1-6-16(17)20(28)30-22/h1-7,12-13H,8-11H2,(H2,24,25,26,29). The van der Waals surface area contributed by atoms with Crippen molar-refractivity contribution in [2.45, 2.75) is 18.4 Å². The van der Waals surface area contributed by atoms with Gasteiger partial charge < -0.3 is 9.64 Å². The summed E-state index contributed by atoms with van der Waals surface area (Å²) in [5, 5.41) is 10.5. The Labute approximate surface area is 178 Å². The summed E-state index contributed by atoms with van der Waals surface area (Å²) in [6.07, 6.45) is 1.13. The monoisotopic (exact) mass is 422 g/mol. The molecule has 0 unspecified atom stereocenters. The van der Waals surface area contributed by atoms with E-state index in [1.165, 1.54) is 0 Å². The Bertz CT molecular complexity index is 1130. The number of ether oxygens (including phenoxy) is 1. The van der Waals surface area contributed by atoms with Crippen molar-refractivity contribution in [1.82, 2.24) is 15.1 Å². The zero-order valence-electron chi connectivity index (χ0n) is 16.0. The second-order valence-electron chi connectivity index (χ2n) is 7.52. The molecule has 5 rings (SSSR count). The van der Waals surface area contributed by atoms with Crippen LogP contribution in [0.2, 0.25) is 5.02 Å². The van der Waals surface area contributed by atoms with E-state index >= 15 is 0 Å². The molecule has 152 valence electrons. The number of esters is 1. The Kier molecular flexibility index (Phi) is 4.47. The number of rotatable bonds is 2. The Morgan fingerprint density at radius 2 is 1.93 bits per heavy atom. The number of piperidine rings is 1. The number of halogens is 1. The van der Waals surface area contributed by atoms with Crippen LogP contribution in [0, 0.1) is 0 Å². The number of hydrogen-bond acceptors (Lipinski definition) is 4. The Hall–Kier alpha value is -3.32. The highest BCUT2D eigenvalue weighted by Gasteiger charge is 2.47. The predicted molar refractivity (Wildman–Crippen MR) is 112 cm³/mol. The maximum Gasteiger partial charge on any atom is 0.339 e. The lowest BCUT2D eigenvalue weighted by Crippen LogP contribution is -2.46. The van der Waals surface area contributed by atoms with Crippen LogP contribution in [-0.4, -0.2) is 40.2 Å². The summed E-state index contributed by atoms with van der Waals surface area (Å²) in [5.74, 6) is 0.154. The molecule has 0 radical (unpaired) electrons. The maximum absolute atomic E-state index is 12.7. The average Bonchev–Trinajstić information content (AvgIpc) is 3.32. The minimum Gasteiger partial charge on any atom is -0.450 e. The van der Waals surface area contributed by atoms with Crippen molar-refractivity contribution in [2.75, 3.05) is 18.4 Å². The molecule has 30 heavy (non-hydrogen) atoms. The number of H-pyrrole nitrogens is 1. The number of nitrogens with one attached hydrogen (secondary N) is 2. The first-order chi connectivity index (χ1) is 14.5. The molecule has 3 aromatic rings.